The first-order valence-corrected chi connectivity index (χ1v) is 8.72. The number of carbonyl (C=O) groups excluding carboxylic acids is 1. The molecule has 1 atom stereocenters. The van der Waals surface area contributed by atoms with E-state index in [0.717, 1.165) is 25.4 Å². The van der Waals surface area contributed by atoms with Crippen molar-refractivity contribution in [2.24, 2.45) is 5.92 Å². The lowest BCUT2D eigenvalue weighted by molar-refractivity contribution is -0.121. The summed E-state index contributed by atoms with van der Waals surface area (Å²) >= 11 is 1.75. The Morgan fingerprint density at radius 1 is 1.48 bits per heavy atom. The van der Waals surface area contributed by atoms with Crippen LogP contribution in [0.5, 0.6) is 0 Å². The maximum absolute atomic E-state index is 12.0. The Balaban J connectivity index is 1.71. The zero-order chi connectivity index (χ0) is 15.1. The molecule has 2 heterocycles. The smallest absolute Gasteiger partial charge is 0.220 e. The van der Waals surface area contributed by atoms with E-state index in [1.807, 2.05) is 0 Å². The van der Waals surface area contributed by atoms with Crippen LogP contribution in [0, 0.1) is 5.92 Å². The van der Waals surface area contributed by atoms with Crippen molar-refractivity contribution in [3.63, 3.8) is 0 Å². The summed E-state index contributed by atoms with van der Waals surface area (Å²) < 4.78 is 0. The van der Waals surface area contributed by atoms with Gasteiger partial charge in [0.15, 0.2) is 0 Å². The number of nitrogens with zero attached hydrogens (tertiary/aromatic N) is 1. The monoisotopic (exact) mass is 309 g/mol. The van der Waals surface area contributed by atoms with E-state index >= 15 is 0 Å². The van der Waals surface area contributed by atoms with Crippen LogP contribution in [0.1, 0.15) is 36.6 Å². The van der Waals surface area contributed by atoms with Crippen molar-refractivity contribution in [2.75, 3.05) is 33.7 Å². The fourth-order valence-electron chi connectivity index (χ4n) is 2.82. The minimum atomic E-state index is 0.192. The maximum Gasteiger partial charge on any atom is 0.220 e. The van der Waals surface area contributed by atoms with Gasteiger partial charge in [-0.3, -0.25) is 4.79 Å². The fraction of sp³-hybridized carbons (Fsp3) is 0.688. The molecule has 0 bridgehead atoms. The molecule has 0 spiro atoms. The van der Waals surface area contributed by atoms with Gasteiger partial charge in [0.25, 0.3) is 0 Å². The summed E-state index contributed by atoms with van der Waals surface area (Å²) in [5.74, 6) is 0.913. The average Bonchev–Trinajstić information content (AvgIpc) is 3.00. The van der Waals surface area contributed by atoms with Crippen LogP contribution in [0.15, 0.2) is 17.5 Å². The van der Waals surface area contributed by atoms with E-state index in [2.05, 4.69) is 47.1 Å². The molecule has 0 saturated carbocycles. The molecular weight excluding hydrogens is 282 g/mol. The van der Waals surface area contributed by atoms with Crippen molar-refractivity contribution in [3.05, 3.63) is 22.4 Å². The highest BCUT2D eigenvalue weighted by atomic mass is 32.1. The van der Waals surface area contributed by atoms with Gasteiger partial charge in [-0.1, -0.05) is 6.07 Å². The quantitative estimate of drug-likeness (QED) is 0.812. The number of nitrogens with one attached hydrogen (secondary N) is 2. The summed E-state index contributed by atoms with van der Waals surface area (Å²) in [4.78, 5) is 15.5. The first kappa shape index (κ1) is 16.5. The fourth-order valence-corrected chi connectivity index (χ4v) is 3.75. The Kier molecular flexibility index (Phi) is 6.67. The molecule has 1 aromatic heterocycles. The maximum atomic E-state index is 12.0. The lowest BCUT2D eigenvalue weighted by atomic mass is 9.93. The first-order chi connectivity index (χ1) is 10.2. The summed E-state index contributed by atoms with van der Waals surface area (Å²) in [6.07, 6.45) is 4.11. The Hall–Kier alpha value is -0.910. The van der Waals surface area contributed by atoms with Crippen molar-refractivity contribution in [1.29, 1.82) is 0 Å². The molecule has 0 radical (unpaired) electrons. The van der Waals surface area contributed by atoms with Crippen LogP contribution < -0.4 is 10.6 Å². The molecule has 1 saturated heterocycles. The molecule has 1 fully saturated rings. The van der Waals surface area contributed by atoms with Gasteiger partial charge in [0.2, 0.25) is 5.91 Å². The van der Waals surface area contributed by atoms with Crippen LogP contribution in [-0.4, -0.2) is 44.5 Å². The number of likely N-dealkylation sites (N-methyl/N-ethyl adjacent to an activating group) is 1. The van der Waals surface area contributed by atoms with E-state index in [1.165, 1.54) is 17.7 Å². The van der Waals surface area contributed by atoms with E-state index in [1.54, 1.807) is 11.3 Å². The van der Waals surface area contributed by atoms with E-state index < -0.39 is 0 Å². The van der Waals surface area contributed by atoms with Gasteiger partial charge in [-0.05, 0) is 63.8 Å². The number of carbonyl (C=O) groups is 1. The molecule has 5 heteroatoms. The predicted octanol–water partition coefficient (Wildman–Crippen LogP) is 2.25. The van der Waals surface area contributed by atoms with Gasteiger partial charge in [-0.2, -0.15) is 0 Å². The van der Waals surface area contributed by atoms with Crippen LogP contribution in [-0.2, 0) is 4.79 Å². The lowest BCUT2D eigenvalue weighted by Crippen LogP contribution is -2.34. The minimum Gasteiger partial charge on any atom is -0.354 e. The molecular formula is C16H27N3OS. The van der Waals surface area contributed by atoms with Crippen molar-refractivity contribution in [3.8, 4) is 0 Å². The summed E-state index contributed by atoms with van der Waals surface area (Å²) in [6, 6.07) is 4.47. The van der Waals surface area contributed by atoms with E-state index in [4.69, 9.17) is 0 Å². The molecule has 0 aliphatic carbocycles. The molecule has 1 aliphatic rings. The highest BCUT2D eigenvalue weighted by Gasteiger charge is 2.17. The number of piperidine rings is 1. The Morgan fingerprint density at radius 3 is 2.86 bits per heavy atom. The second-order valence-corrected chi connectivity index (χ2v) is 7.01. The third-order valence-corrected chi connectivity index (χ3v) is 5.20. The molecule has 1 aromatic rings. The van der Waals surface area contributed by atoms with Crippen molar-refractivity contribution in [1.82, 2.24) is 15.5 Å². The van der Waals surface area contributed by atoms with Gasteiger partial charge in [-0.15, -0.1) is 11.3 Å². The molecule has 1 amide bonds. The summed E-state index contributed by atoms with van der Waals surface area (Å²) in [6.45, 7) is 2.90. The van der Waals surface area contributed by atoms with Gasteiger partial charge in [-0.25, -0.2) is 0 Å². The van der Waals surface area contributed by atoms with Gasteiger partial charge in [0, 0.05) is 17.8 Å². The zero-order valence-electron chi connectivity index (χ0n) is 13.1. The van der Waals surface area contributed by atoms with Gasteiger partial charge in [0.05, 0.1) is 6.04 Å². The zero-order valence-corrected chi connectivity index (χ0v) is 13.9. The van der Waals surface area contributed by atoms with E-state index in [-0.39, 0.29) is 11.9 Å². The molecule has 2 rings (SSSR count). The average molecular weight is 309 g/mol. The molecule has 0 aromatic carbocycles. The highest BCUT2D eigenvalue weighted by molar-refractivity contribution is 7.10. The minimum absolute atomic E-state index is 0.192. The highest BCUT2D eigenvalue weighted by Crippen LogP contribution is 2.22. The molecule has 4 nitrogen and oxygen atoms in total. The standard InChI is InChI=1S/C16H27N3OS/c1-19(2)14(15-4-3-11-21-15)12-18-16(20)6-5-13-7-9-17-10-8-13/h3-4,11,13-14,17H,5-10,12H2,1-2H3,(H,18,20). The van der Waals surface area contributed by atoms with Crippen LogP contribution in [0.3, 0.4) is 0 Å². The summed E-state index contributed by atoms with van der Waals surface area (Å²) in [5.41, 5.74) is 0. The third-order valence-electron chi connectivity index (χ3n) is 4.23. The molecule has 1 aliphatic heterocycles. The third kappa shape index (κ3) is 5.41. The number of rotatable bonds is 7. The van der Waals surface area contributed by atoms with Gasteiger partial charge in [0.1, 0.15) is 0 Å². The molecule has 2 N–H and O–H groups in total. The summed E-state index contributed by atoms with van der Waals surface area (Å²) in [5, 5.41) is 8.56. The normalized spacial score (nSPS) is 17.9. The Morgan fingerprint density at radius 2 is 2.24 bits per heavy atom. The van der Waals surface area contributed by atoms with Crippen molar-refractivity contribution < 1.29 is 4.79 Å². The van der Waals surface area contributed by atoms with Crippen molar-refractivity contribution in [2.45, 2.75) is 31.7 Å². The summed E-state index contributed by atoms with van der Waals surface area (Å²) in [7, 11) is 4.12. The second kappa shape index (κ2) is 8.51. The molecule has 21 heavy (non-hydrogen) atoms. The number of amides is 1. The number of hydrogen-bond acceptors (Lipinski definition) is 4. The van der Waals surface area contributed by atoms with Crippen LogP contribution in [0.4, 0.5) is 0 Å². The Bertz CT molecular complexity index is 413. The first-order valence-electron chi connectivity index (χ1n) is 7.84. The second-order valence-electron chi connectivity index (χ2n) is 6.03. The largest absolute Gasteiger partial charge is 0.354 e. The van der Waals surface area contributed by atoms with Crippen molar-refractivity contribution >= 4 is 17.2 Å². The van der Waals surface area contributed by atoms with E-state index in [0.29, 0.717) is 13.0 Å². The lowest BCUT2D eigenvalue weighted by Gasteiger charge is -2.24. The van der Waals surface area contributed by atoms with Crippen LogP contribution >= 0.6 is 11.3 Å². The molecule has 118 valence electrons. The topological polar surface area (TPSA) is 44.4 Å². The van der Waals surface area contributed by atoms with Gasteiger partial charge < -0.3 is 15.5 Å². The SMILES string of the molecule is CN(C)C(CNC(=O)CCC1CCNCC1)c1cccs1. The van der Waals surface area contributed by atoms with Crippen LogP contribution in [0.25, 0.3) is 0 Å². The van der Waals surface area contributed by atoms with Crippen LogP contribution in [0.2, 0.25) is 0 Å². The number of hydrogen-bond donors (Lipinski definition) is 2. The Labute approximate surface area is 131 Å². The predicted molar refractivity (Wildman–Crippen MR) is 88.6 cm³/mol. The number of thiophene rings is 1. The molecule has 1 unspecified atom stereocenters. The van der Waals surface area contributed by atoms with Gasteiger partial charge >= 0.3 is 0 Å². The van der Waals surface area contributed by atoms with E-state index in [9.17, 15) is 4.79 Å².